The number of nitrogens with zero attached hydrogens (tertiary/aromatic N) is 1. The first-order chi connectivity index (χ1) is 10.8. The van der Waals surface area contributed by atoms with Crippen LogP contribution in [0.4, 0.5) is 11.4 Å². The van der Waals surface area contributed by atoms with Gasteiger partial charge in [0.15, 0.2) is 6.23 Å². The van der Waals surface area contributed by atoms with Crippen LogP contribution >= 0.6 is 0 Å². The van der Waals surface area contributed by atoms with Crippen molar-refractivity contribution in [3.63, 3.8) is 0 Å². The average molecular weight is 328 g/mol. The molecule has 0 aliphatic carbocycles. The van der Waals surface area contributed by atoms with Gasteiger partial charge in [0.2, 0.25) is 0 Å². The molecule has 23 heavy (non-hydrogen) atoms. The molecule has 9 nitrogen and oxygen atoms in total. The molecule has 1 aliphatic rings. The van der Waals surface area contributed by atoms with Crippen LogP contribution in [0.15, 0.2) is 18.2 Å². The monoisotopic (exact) mass is 328 g/mol. The molecule has 2 rings (SSSR count). The van der Waals surface area contributed by atoms with Crippen molar-refractivity contribution in [3.05, 3.63) is 28.3 Å². The number of aliphatic hydroxyl groups is 3. The van der Waals surface area contributed by atoms with E-state index in [1.807, 2.05) is 0 Å². The number of anilines is 1. The van der Waals surface area contributed by atoms with Crippen LogP contribution in [0.2, 0.25) is 0 Å². The summed E-state index contributed by atoms with van der Waals surface area (Å²) in [5.41, 5.74) is -0.140. The molecule has 1 aromatic carbocycles. The van der Waals surface area contributed by atoms with Crippen LogP contribution in [0.5, 0.6) is 5.75 Å². The third kappa shape index (κ3) is 3.70. The SMILES string of the molecule is CCOc1ccc(N[C@H]2O[C@@H](C)[C@@H](O)[C@@H](O)[C@@H]2O)c([N+](=O)[O-])c1. The summed E-state index contributed by atoms with van der Waals surface area (Å²) in [6, 6.07) is 4.24. The van der Waals surface area contributed by atoms with Gasteiger partial charge in [0.05, 0.1) is 23.7 Å². The summed E-state index contributed by atoms with van der Waals surface area (Å²) in [5, 5.41) is 43.3. The fourth-order valence-electron chi connectivity index (χ4n) is 2.36. The smallest absolute Gasteiger partial charge is 0.296 e. The Hall–Kier alpha value is -1.94. The van der Waals surface area contributed by atoms with E-state index in [0.717, 1.165) is 0 Å². The summed E-state index contributed by atoms with van der Waals surface area (Å²) in [5.74, 6) is 0.346. The minimum atomic E-state index is -1.44. The van der Waals surface area contributed by atoms with Gasteiger partial charge in [0.1, 0.15) is 29.7 Å². The van der Waals surface area contributed by atoms with Gasteiger partial charge in [-0.2, -0.15) is 0 Å². The molecule has 1 aliphatic heterocycles. The van der Waals surface area contributed by atoms with Gasteiger partial charge >= 0.3 is 0 Å². The summed E-state index contributed by atoms with van der Waals surface area (Å²) < 4.78 is 10.6. The van der Waals surface area contributed by atoms with Crippen LogP contribution in [0.25, 0.3) is 0 Å². The third-order valence-corrected chi connectivity index (χ3v) is 3.63. The summed E-state index contributed by atoms with van der Waals surface area (Å²) in [6.45, 7) is 3.66. The largest absolute Gasteiger partial charge is 0.494 e. The van der Waals surface area contributed by atoms with E-state index in [9.17, 15) is 25.4 Å². The molecule has 0 bridgehead atoms. The Morgan fingerprint density at radius 1 is 1.30 bits per heavy atom. The molecule has 4 N–H and O–H groups in total. The molecule has 0 saturated carbocycles. The number of aliphatic hydroxyl groups excluding tert-OH is 3. The average Bonchev–Trinajstić information content (AvgIpc) is 2.52. The van der Waals surface area contributed by atoms with Crippen molar-refractivity contribution in [3.8, 4) is 5.75 Å². The van der Waals surface area contributed by atoms with Crippen LogP contribution < -0.4 is 10.1 Å². The van der Waals surface area contributed by atoms with Crippen molar-refractivity contribution in [2.45, 2.75) is 44.5 Å². The van der Waals surface area contributed by atoms with Crippen LogP contribution in [0.3, 0.4) is 0 Å². The molecule has 0 radical (unpaired) electrons. The number of nitro groups is 1. The Bertz CT molecular complexity index is 568. The summed E-state index contributed by atoms with van der Waals surface area (Å²) in [6.07, 6.45) is -5.93. The van der Waals surface area contributed by atoms with Crippen molar-refractivity contribution in [2.75, 3.05) is 11.9 Å². The van der Waals surface area contributed by atoms with Crippen LogP contribution in [-0.4, -0.2) is 57.5 Å². The second-order valence-corrected chi connectivity index (χ2v) is 5.25. The highest BCUT2D eigenvalue weighted by Gasteiger charge is 2.42. The Kier molecular flexibility index (Phi) is 5.37. The van der Waals surface area contributed by atoms with Crippen molar-refractivity contribution in [1.82, 2.24) is 0 Å². The number of hydrogen-bond donors (Lipinski definition) is 4. The van der Waals surface area contributed by atoms with Gasteiger partial charge < -0.3 is 30.1 Å². The molecule has 0 spiro atoms. The van der Waals surface area contributed by atoms with Gasteiger partial charge in [0.25, 0.3) is 5.69 Å². The molecule has 5 atom stereocenters. The maximum atomic E-state index is 11.2. The van der Waals surface area contributed by atoms with E-state index < -0.39 is 35.6 Å². The molecule has 9 heteroatoms. The first-order valence-electron chi connectivity index (χ1n) is 7.22. The molecular formula is C14H20N2O7. The summed E-state index contributed by atoms with van der Waals surface area (Å²) in [7, 11) is 0. The van der Waals surface area contributed by atoms with E-state index in [1.54, 1.807) is 13.0 Å². The highest BCUT2D eigenvalue weighted by molar-refractivity contribution is 5.64. The lowest BCUT2D eigenvalue weighted by Crippen LogP contribution is -2.58. The zero-order valence-corrected chi connectivity index (χ0v) is 12.7. The van der Waals surface area contributed by atoms with Gasteiger partial charge in [-0.15, -0.1) is 0 Å². The molecule has 1 aromatic rings. The minimum Gasteiger partial charge on any atom is -0.494 e. The predicted octanol–water partition coefficient (Wildman–Crippen LogP) is 0.233. The van der Waals surface area contributed by atoms with Crippen molar-refractivity contribution < 1.29 is 29.7 Å². The Balaban J connectivity index is 2.23. The number of rotatable bonds is 5. The van der Waals surface area contributed by atoms with E-state index in [1.165, 1.54) is 19.1 Å². The highest BCUT2D eigenvalue weighted by atomic mass is 16.6. The molecule has 0 amide bonds. The standard InChI is InChI=1S/C14H20N2O7/c1-3-22-8-4-5-9(10(6-8)16(20)21)15-14-13(19)12(18)11(17)7(2)23-14/h4-7,11-15,17-19H,3H2,1-2H3/t7-,11+,12+,13-,14-/m0/s1. The van der Waals surface area contributed by atoms with Crippen LogP contribution in [0, 0.1) is 10.1 Å². The fraction of sp³-hybridized carbons (Fsp3) is 0.571. The lowest BCUT2D eigenvalue weighted by molar-refractivity contribution is -0.384. The first-order valence-corrected chi connectivity index (χ1v) is 7.22. The molecule has 1 fully saturated rings. The number of ether oxygens (including phenoxy) is 2. The van der Waals surface area contributed by atoms with E-state index in [2.05, 4.69) is 5.32 Å². The van der Waals surface area contributed by atoms with E-state index in [-0.39, 0.29) is 11.4 Å². The highest BCUT2D eigenvalue weighted by Crippen LogP contribution is 2.31. The predicted molar refractivity (Wildman–Crippen MR) is 80.2 cm³/mol. The van der Waals surface area contributed by atoms with Gasteiger partial charge in [-0.1, -0.05) is 0 Å². The Morgan fingerprint density at radius 2 is 2.00 bits per heavy atom. The maximum Gasteiger partial charge on any atom is 0.296 e. The van der Waals surface area contributed by atoms with Crippen LogP contribution in [-0.2, 0) is 4.74 Å². The van der Waals surface area contributed by atoms with Gasteiger partial charge in [-0.3, -0.25) is 10.1 Å². The number of benzene rings is 1. The number of nitro benzene ring substituents is 1. The Labute approximate surface area is 132 Å². The summed E-state index contributed by atoms with van der Waals surface area (Å²) in [4.78, 5) is 10.6. The second-order valence-electron chi connectivity index (χ2n) is 5.25. The molecule has 0 aromatic heterocycles. The molecule has 1 saturated heterocycles. The quantitative estimate of drug-likeness (QED) is 0.446. The zero-order chi connectivity index (χ0) is 17.1. The van der Waals surface area contributed by atoms with Gasteiger partial charge in [-0.25, -0.2) is 0 Å². The number of nitrogens with one attached hydrogen (secondary N) is 1. The van der Waals surface area contributed by atoms with E-state index in [0.29, 0.717) is 12.4 Å². The first kappa shape index (κ1) is 17.4. The molecule has 0 unspecified atom stereocenters. The van der Waals surface area contributed by atoms with E-state index in [4.69, 9.17) is 9.47 Å². The maximum absolute atomic E-state index is 11.2. The molecule has 1 heterocycles. The normalized spacial score (nSPS) is 30.7. The van der Waals surface area contributed by atoms with Gasteiger partial charge in [-0.05, 0) is 26.0 Å². The Morgan fingerprint density at radius 3 is 2.61 bits per heavy atom. The lowest BCUT2D eigenvalue weighted by atomic mass is 9.99. The van der Waals surface area contributed by atoms with Crippen molar-refractivity contribution in [1.29, 1.82) is 0 Å². The van der Waals surface area contributed by atoms with Crippen LogP contribution in [0.1, 0.15) is 13.8 Å². The zero-order valence-electron chi connectivity index (χ0n) is 12.7. The van der Waals surface area contributed by atoms with Crippen molar-refractivity contribution in [2.24, 2.45) is 0 Å². The topological polar surface area (TPSA) is 134 Å². The van der Waals surface area contributed by atoms with Crippen molar-refractivity contribution >= 4 is 11.4 Å². The van der Waals surface area contributed by atoms with E-state index >= 15 is 0 Å². The minimum absolute atomic E-state index is 0.110. The second kappa shape index (κ2) is 7.09. The van der Waals surface area contributed by atoms with Gasteiger partial charge in [0, 0.05) is 0 Å². The molecular weight excluding hydrogens is 308 g/mol. The number of hydrogen-bond acceptors (Lipinski definition) is 8. The third-order valence-electron chi connectivity index (χ3n) is 3.63. The lowest BCUT2D eigenvalue weighted by Gasteiger charge is -2.39. The molecule has 128 valence electrons. The summed E-state index contributed by atoms with van der Waals surface area (Å²) >= 11 is 0. The fourth-order valence-corrected chi connectivity index (χ4v) is 2.36.